The van der Waals surface area contributed by atoms with Crippen molar-refractivity contribution in [2.24, 2.45) is 0 Å². The molecule has 0 aliphatic rings. The first-order chi connectivity index (χ1) is 5.16. The summed E-state index contributed by atoms with van der Waals surface area (Å²) in [5, 5.41) is 0. The van der Waals surface area contributed by atoms with Gasteiger partial charge in [-0.25, -0.2) is 4.79 Å². The van der Waals surface area contributed by atoms with E-state index in [9.17, 15) is 4.79 Å². The molecular weight excluding hydrogens is 144 g/mol. The minimum atomic E-state index is -0.407. The van der Waals surface area contributed by atoms with Gasteiger partial charge in [0, 0.05) is 6.20 Å². The molecular formula is C7H10N2O2. The maximum absolute atomic E-state index is 11.0. The number of hydrogen-bond donors (Lipinski definition) is 1. The van der Waals surface area contributed by atoms with E-state index in [1.54, 1.807) is 19.2 Å². The highest BCUT2D eigenvalue weighted by molar-refractivity contribution is 5.89. The van der Waals surface area contributed by atoms with Crippen molar-refractivity contribution in [2.75, 3.05) is 13.0 Å². The van der Waals surface area contributed by atoms with Crippen LogP contribution < -0.4 is 5.84 Å². The number of hydrogen-bond acceptors (Lipinski definition) is 3. The molecule has 1 heterocycles. The lowest BCUT2D eigenvalue weighted by Crippen LogP contribution is -2.17. The lowest BCUT2D eigenvalue weighted by Gasteiger charge is -2.01. The molecule has 0 amide bonds. The zero-order valence-electron chi connectivity index (χ0n) is 6.50. The Morgan fingerprint density at radius 3 is 2.73 bits per heavy atom. The molecule has 11 heavy (non-hydrogen) atoms. The largest absolute Gasteiger partial charge is 0.464 e. The van der Waals surface area contributed by atoms with Crippen LogP contribution in [-0.2, 0) is 4.74 Å². The highest BCUT2D eigenvalue weighted by atomic mass is 16.5. The second-order valence-corrected chi connectivity index (χ2v) is 2.25. The van der Waals surface area contributed by atoms with Crippen molar-refractivity contribution in [1.29, 1.82) is 0 Å². The number of aryl methyl sites for hydroxylation is 1. The number of aromatic nitrogens is 1. The summed E-state index contributed by atoms with van der Waals surface area (Å²) in [6.45, 7) is 1.80. The van der Waals surface area contributed by atoms with Crippen LogP contribution in [-0.4, -0.2) is 17.8 Å². The topological polar surface area (TPSA) is 57.2 Å². The van der Waals surface area contributed by atoms with Crippen molar-refractivity contribution >= 4 is 5.97 Å². The van der Waals surface area contributed by atoms with Crippen molar-refractivity contribution < 1.29 is 9.53 Å². The molecule has 0 aliphatic heterocycles. The molecule has 2 N–H and O–H groups in total. The van der Waals surface area contributed by atoms with Crippen LogP contribution in [0, 0.1) is 6.92 Å². The SMILES string of the molecule is COC(=O)c1c(C)ccn1N. The number of rotatable bonds is 1. The Morgan fingerprint density at radius 2 is 2.36 bits per heavy atom. The highest BCUT2D eigenvalue weighted by Gasteiger charge is 2.12. The highest BCUT2D eigenvalue weighted by Crippen LogP contribution is 2.07. The van der Waals surface area contributed by atoms with Gasteiger partial charge in [0.25, 0.3) is 0 Å². The number of nitrogen functional groups attached to an aromatic ring is 1. The first-order valence-corrected chi connectivity index (χ1v) is 3.18. The van der Waals surface area contributed by atoms with E-state index in [0.717, 1.165) is 5.56 Å². The first kappa shape index (κ1) is 7.65. The Balaban J connectivity index is 3.10. The van der Waals surface area contributed by atoms with Crippen LogP contribution >= 0.6 is 0 Å². The molecule has 0 bridgehead atoms. The van der Waals surface area contributed by atoms with E-state index in [1.165, 1.54) is 11.8 Å². The summed E-state index contributed by atoms with van der Waals surface area (Å²) < 4.78 is 5.77. The lowest BCUT2D eigenvalue weighted by atomic mass is 10.3. The van der Waals surface area contributed by atoms with Crippen molar-refractivity contribution in [1.82, 2.24) is 4.68 Å². The molecule has 0 unspecified atom stereocenters. The van der Waals surface area contributed by atoms with Gasteiger partial charge in [-0.1, -0.05) is 0 Å². The molecule has 0 saturated heterocycles. The molecule has 1 rings (SSSR count). The normalized spacial score (nSPS) is 9.64. The summed E-state index contributed by atoms with van der Waals surface area (Å²) in [6, 6.07) is 1.76. The quantitative estimate of drug-likeness (QED) is 0.467. The molecule has 4 heteroatoms. The van der Waals surface area contributed by atoms with Crippen LogP contribution in [0.3, 0.4) is 0 Å². The minimum Gasteiger partial charge on any atom is -0.464 e. The number of esters is 1. The summed E-state index contributed by atoms with van der Waals surface area (Å²) >= 11 is 0. The molecule has 0 saturated carbocycles. The smallest absolute Gasteiger partial charge is 0.356 e. The van der Waals surface area contributed by atoms with Gasteiger partial charge in [-0.2, -0.15) is 0 Å². The lowest BCUT2D eigenvalue weighted by molar-refractivity contribution is 0.0590. The Morgan fingerprint density at radius 1 is 1.73 bits per heavy atom. The van der Waals surface area contributed by atoms with Gasteiger partial charge in [-0.15, -0.1) is 0 Å². The average Bonchev–Trinajstić information content (AvgIpc) is 2.30. The predicted octanol–water partition coefficient (Wildman–Crippen LogP) is 0.297. The van der Waals surface area contributed by atoms with Gasteiger partial charge in [0.2, 0.25) is 0 Å². The van der Waals surface area contributed by atoms with Crippen molar-refractivity contribution in [3.05, 3.63) is 23.5 Å². The van der Waals surface area contributed by atoms with Gasteiger partial charge < -0.3 is 10.6 Å². The maximum atomic E-state index is 11.0. The number of nitrogens with zero attached hydrogens (tertiary/aromatic N) is 1. The number of nitrogens with two attached hydrogens (primary N) is 1. The zero-order chi connectivity index (χ0) is 8.43. The average molecular weight is 154 g/mol. The first-order valence-electron chi connectivity index (χ1n) is 3.18. The van der Waals surface area contributed by atoms with E-state index >= 15 is 0 Å². The van der Waals surface area contributed by atoms with Crippen molar-refractivity contribution in [3.63, 3.8) is 0 Å². The Bertz CT molecular complexity index is 258. The zero-order valence-corrected chi connectivity index (χ0v) is 6.50. The summed E-state index contributed by atoms with van der Waals surface area (Å²) in [4.78, 5) is 11.0. The molecule has 0 atom stereocenters. The second-order valence-electron chi connectivity index (χ2n) is 2.25. The number of ether oxygens (including phenoxy) is 1. The van der Waals surface area contributed by atoms with E-state index < -0.39 is 5.97 Å². The van der Waals surface area contributed by atoms with Crippen LogP contribution in [0.2, 0.25) is 0 Å². The molecule has 0 aromatic carbocycles. The third-order valence-electron chi connectivity index (χ3n) is 1.50. The van der Waals surface area contributed by atoms with Gasteiger partial charge in [0.05, 0.1) is 7.11 Å². The molecule has 1 aromatic rings. The molecule has 60 valence electrons. The van der Waals surface area contributed by atoms with E-state index in [-0.39, 0.29) is 0 Å². The molecule has 1 aromatic heterocycles. The summed E-state index contributed by atoms with van der Waals surface area (Å²) in [5.74, 6) is 5.03. The molecule has 0 aliphatic carbocycles. The van der Waals surface area contributed by atoms with Crippen LogP contribution in [0.1, 0.15) is 16.1 Å². The van der Waals surface area contributed by atoms with E-state index in [1.807, 2.05) is 0 Å². The Labute approximate surface area is 64.5 Å². The molecule has 4 nitrogen and oxygen atoms in total. The van der Waals surface area contributed by atoms with E-state index in [4.69, 9.17) is 5.84 Å². The minimum absolute atomic E-state index is 0.396. The fourth-order valence-corrected chi connectivity index (χ4v) is 0.912. The van der Waals surface area contributed by atoms with E-state index in [2.05, 4.69) is 4.74 Å². The summed E-state index contributed by atoms with van der Waals surface area (Å²) in [7, 11) is 1.33. The van der Waals surface area contributed by atoms with Crippen LogP contribution in [0.4, 0.5) is 0 Å². The molecule has 0 fully saturated rings. The standard InChI is InChI=1S/C7H10N2O2/c1-5-3-4-9(8)6(5)7(10)11-2/h3-4H,8H2,1-2H3. The van der Waals surface area contributed by atoms with Gasteiger partial charge in [0.15, 0.2) is 0 Å². The number of methoxy groups -OCH3 is 1. The fourth-order valence-electron chi connectivity index (χ4n) is 0.912. The second kappa shape index (κ2) is 2.65. The maximum Gasteiger partial charge on any atom is 0.356 e. The summed E-state index contributed by atoms with van der Waals surface area (Å²) in [6.07, 6.45) is 1.61. The monoisotopic (exact) mass is 154 g/mol. The third-order valence-corrected chi connectivity index (χ3v) is 1.50. The van der Waals surface area contributed by atoms with Crippen LogP contribution in [0.15, 0.2) is 12.3 Å². The number of carbonyl (C=O) groups excluding carboxylic acids is 1. The summed E-state index contributed by atoms with van der Waals surface area (Å²) in [5.41, 5.74) is 1.21. The van der Waals surface area contributed by atoms with Crippen LogP contribution in [0.5, 0.6) is 0 Å². The van der Waals surface area contributed by atoms with Gasteiger partial charge in [0.1, 0.15) is 5.69 Å². The van der Waals surface area contributed by atoms with Crippen LogP contribution in [0.25, 0.3) is 0 Å². The van der Waals surface area contributed by atoms with Gasteiger partial charge >= 0.3 is 5.97 Å². The predicted molar refractivity (Wildman–Crippen MR) is 40.7 cm³/mol. The fraction of sp³-hybridized carbons (Fsp3) is 0.286. The Hall–Kier alpha value is -1.45. The van der Waals surface area contributed by atoms with E-state index in [0.29, 0.717) is 5.69 Å². The molecule has 0 spiro atoms. The van der Waals surface area contributed by atoms with Gasteiger partial charge in [-0.3, -0.25) is 4.68 Å². The van der Waals surface area contributed by atoms with Gasteiger partial charge in [-0.05, 0) is 18.6 Å². The third kappa shape index (κ3) is 1.19. The Kier molecular flexibility index (Phi) is 1.85. The number of carbonyl (C=O) groups is 1. The van der Waals surface area contributed by atoms with Crippen molar-refractivity contribution in [3.8, 4) is 0 Å². The van der Waals surface area contributed by atoms with Crippen molar-refractivity contribution in [2.45, 2.75) is 6.92 Å². The molecule has 0 radical (unpaired) electrons.